The van der Waals surface area contributed by atoms with Crippen LogP contribution in [-0.4, -0.2) is 34.0 Å². The molecule has 23 heavy (non-hydrogen) atoms. The number of amides is 2. The third kappa shape index (κ3) is 4.20. The summed E-state index contributed by atoms with van der Waals surface area (Å²) in [5.74, 6) is 1.64. The summed E-state index contributed by atoms with van der Waals surface area (Å²) in [4.78, 5) is 11.9. The highest BCUT2D eigenvalue weighted by atomic mass is 35.5. The molecular weight excluding hydrogens is 318 g/mol. The molecule has 0 saturated carbocycles. The molecule has 1 aliphatic heterocycles. The molecule has 7 nitrogen and oxygen atoms in total. The van der Waals surface area contributed by atoms with Gasteiger partial charge in [-0.1, -0.05) is 23.7 Å². The summed E-state index contributed by atoms with van der Waals surface area (Å²) in [6.07, 6.45) is 0.744. The number of urea groups is 1. The van der Waals surface area contributed by atoms with E-state index >= 15 is 0 Å². The molecule has 1 aromatic carbocycles. The number of hydrogen-bond donors (Lipinski definition) is 2. The van der Waals surface area contributed by atoms with Gasteiger partial charge in [0.1, 0.15) is 5.82 Å². The standard InChI is InChI=1S/C15H18ClN5O2/c16-12-3-1-2-11(8-12)9-17-15(22)18-10-14-20-19-13-4-6-23-7-5-21(13)14/h1-3,8H,4-7,9-10H2,(H2,17,18,22). The molecule has 2 aromatic rings. The van der Waals surface area contributed by atoms with Gasteiger partial charge in [0.2, 0.25) is 0 Å². The number of benzene rings is 1. The molecule has 0 radical (unpaired) electrons. The zero-order valence-corrected chi connectivity index (χ0v) is 13.3. The van der Waals surface area contributed by atoms with Crippen molar-refractivity contribution in [1.82, 2.24) is 25.4 Å². The third-order valence-corrected chi connectivity index (χ3v) is 3.82. The van der Waals surface area contributed by atoms with Gasteiger partial charge in [0.25, 0.3) is 0 Å². The monoisotopic (exact) mass is 335 g/mol. The normalized spacial score (nSPS) is 14.0. The number of carbonyl (C=O) groups excluding carboxylic acids is 1. The Balaban J connectivity index is 1.50. The quantitative estimate of drug-likeness (QED) is 0.887. The average Bonchev–Trinajstić information content (AvgIpc) is 2.77. The van der Waals surface area contributed by atoms with Crippen LogP contribution in [0.5, 0.6) is 0 Å². The van der Waals surface area contributed by atoms with Crippen LogP contribution in [0.2, 0.25) is 5.02 Å². The molecule has 1 aromatic heterocycles. The molecule has 0 fully saturated rings. The first-order chi connectivity index (χ1) is 11.2. The van der Waals surface area contributed by atoms with Crippen molar-refractivity contribution in [3.63, 3.8) is 0 Å². The van der Waals surface area contributed by atoms with Crippen LogP contribution in [-0.2, 0) is 30.8 Å². The van der Waals surface area contributed by atoms with Crippen LogP contribution in [0.3, 0.4) is 0 Å². The van der Waals surface area contributed by atoms with E-state index in [1.165, 1.54) is 0 Å². The Labute approximate surface area is 139 Å². The molecule has 0 spiro atoms. The van der Waals surface area contributed by atoms with Crippen LogP contribution in [0, 0.1) is 0 Å². The number of halogens is 1. The van der Waals surface area contributed by atoms with E-state index in [0.717, 1.165) is 23.6 Å². The van der Waals surface area contributed by atoms with Crippen molar-refractivity contribution in [2.75, 3.05) is 13.2 Å². The zero-order chi connectivity index (χ0) is 16.1. The molecule has 0 unspecified atom stereocenters. The SMILES string of the molecule is O=C(NCc1cccc(Cl)c1)NCc1nnc2n1CCOCC2. The molecular formula is C15H18ClN5O2. The molecule has 0 bridgehead atoms. The lowest BCUT2D eigenvalue weighted by atomic mass is 10.2. The summed E-state index contributed by atoms with van der Waals surface area (Å²) < 4.78 is 7.42. The number of ether oxygens (including phenoxy) is 1. The molecule has 2 N–H and O–H groups in total. The molecule has 0 saturated heterocycles. The Morgan fingerprint density at radius 3 is 3.00 bits per heavy atom. The minimum absolute atomic E-state index is 0.257. The van der Waals surface area contributed by atoms with E-state index in [0.29, 0.717) is 37.9 Å². The van der Waals surface area contributed by atoms with E-state index < -0.39 is 0 Å². The summed E-state index contributed by atoms with van der Waals surface area (Å²) in [5, 5.41) is 14.5. The Bertz CT molecular complexity index is 688. The number of nitrogens with zero attached hydrogens (tertiary/aromatic N) is 3. The maximum atomic E-state index is 11.9. The molecule has 2 heterocycles. The van der Waals surface area contributed by atoms with Gasteiger partial charge in [0, 0.05) is 24.5 Å². The van der Waals surface area contributed by atoms with Crippen LogP contribution in [0.1, 0.15) is 17.2 Å². The molecule has 3 rings (SSSR count). The van der Waals surface area contributed by atoms with E-state index in [-0.39, 0.29) is 6.03 Å². The van der Waals surface area contributed by atoms with Gasteiger partial charge < -0.3 is 19.9 Å². The van der Waals surface area contributed by atoms with Crippen molar-refractivity contribution in [1.29, 1.82) is 0 Å². The van der Waals surface area contributed by atoms with E-state index in [4.69, 9.17) is 16.3 Å². The van der Waals surface area contributed by atoms with Gasteiger partial charge in [-0.15, -0.1) is 10.2 Å². The Hall–Kier alpha value is -2.12. The second-order valence-electron chi connectivity index (χ2n) is 5.21. The predicted molar refractivity (Wildman–Crippen MR) is 85.1 cm³/mol. The van der Waals surface area contributed by atoms with Gasteiger partial charge in [-0.25, -0.2) is 4.79 Å². The molecule has 8 heteroatoms. The first kappa shape index (κ1) is 15.8. The Kier molecular flexibility index (Phi) is 5.09. The highest BCUT2D eigenvalue weighted by molar-refractivity contribution is 6.30. The van der Waals surface area contributed by atoms with E-state index in [2.05, 4.69) is 20.8 Å². The highest BCUT2D eigenvalue weighted by Crippen LogP contribution is 2.10. The van der Waals surface area contributed by atoms with E-state index in [9.17, 15) is 4.79 Å². The van der Waals surface area contributed by atoms with Crippen molar-refractivity contribution in [2.24, 2.45) is 0 Å². The Morgan fingerprint density at radius 2 is 2.13 bits per heavy atom. The summed E-state index contributed by atoms with van der Waals surface area (Å²) in [6.45, 7) is 2.75. The molecule has 2 amide bonds. The highest BCUT2D eigenvalue weighted by Gasteiger charge is 2.15. The van der Waals surface area contributed by atoms with Crippen molar-refractivity contribution < 1.29 is 9.53 Å². The van der Waals surface area contributed by atoms with Crippen molar-refractivity contribution in [3.05, 3.63) is 46.5 Å². The van der Waals surface area contributed by atoms with E-state index in [1.54, 1.807) is 6.07 Å². The minimum Gasteiger partial charge on any atom is -0.379 e. The molecule has 0 atom stereocenters. The van der Waals surface area contributed by atoms with Crippen molar-refractivity contribution >= 4 is 17.6 Å². The number of aromatic nitrogens is 3. The predicted octanol–water partition coefficient (Wildman–Crippen LogP) is 1.50. The van der Waals surface area contributed by atoms with Crippen LogP contribution >= 0.6 is 11.6 Å². The van der Waals surface area contributed by atoms with Gasteiger partial charge in [-0.05, 0) is 17.7 Å². The van der Waals surface area contributed by atoms with Gasteiger partial charge in [-0.3, -0.25) is 0 Å². The van der Waals surface area contributed by atoms with Crippen LogP contribution < -0.4 is 10.6 Å². The summed E-state index contributed by atoms with van der Waals surface area (Å²) >= 11 is 5.91. The Morgan fingerprint density at radius 1 is 1.26 bits per heavy atom. The maximum Gasteiger partial charge on any atom is 0.315 e. The maximum absolute atomic E-state index is 11.9. The summed E-state index contributed by atoms with van der Waals surface area (Å²) in [5.41, 5.74) is 0.946. The van der Waals surface area contributed by atoms with Gasteiger partial charge >= 0.3 is 6.03 Å². The molecule has 0 aliphatic carbocycles. The van der Waals surface area contributed by atoms with Crippen LogP contribution in [0.25, 0.3) is 0 Å². The van der Waals surface area contributed by atoms with Gasteiger partial charge in [0.15, 0.2) is 5.82 Å². The molecule has 122 valence electrons. The summed E-state index contributed by atoms with van der Waals surface area (Å²) in [7, 11) is 0. The summed E-state index contributed by atoms with van der Waals surface area (Å²) in [6, 6.07) is 7.12. The fraction of sp³-hybridized carbons (Fsp3) is 0.400. The largest absolute Gasteiger partial charge is 0.379 e. The van der Waals surface area contributed by atoms with E-state index in [1.807, 2.05) is 22.8 Å². The number of hydrogen-bond acceptors (Lipinski definition) is 4. The van der Waals surface area contributed by atoms with Crippen LogP contribution in [0.4, 0.5) is 4.79 Å². The first-order valence-corrected chi connectivity index (χ1v) is 7.85. The third-order valence-electron chi connectivity index (χ3n) is 3.58. The fourth-order valence-electron chi connectivity index (χ4n) is 2.42. The lowest BCUT2D eigenvalue weighted by Crippen LogP contribution is -2.35. The zero-order valence-electron chi connectivity index (χ0n) is 12.6. The van der Waals surface area contributed by atoms with Crippen molar-refractivity contribution in [3.8, 4) is 0 Å². The number of fused-ring (bicyclic) bond motifs is 1. The molecule has 1 aliphatic rings. The second kappa shape index (κ2) is 7.43. The number of rotatable bonds is 4. The van der Waals surface area contributed by atoms with Crippen LogP contribution in [0.15, 0.2) is 24.3 Å². The topological polar surface area (TPSA) is 81.1 Å². The lowest BCUT2D eigenvalue weighted by molar-refractivity contribution is 0.139. The van der Waals surface area contributed by atoms with Crippen molar-refractivity contribution in [2.45, 2.75) is 26.1 Å². The minimum atomic E-state index is -0.257. The second-order valence-corrected chi connectivity index (χ2v) is 5.65. The lowest BCUT2D eigenvalue weighted by Gasteiger charge is -2.09. The average molecular weight is 336 g/mol. The smallest absolute Gasteiger partial charge is 0.315 e. The van der Waals surface area contributed by atoms with Gasteiger partial charge in [0.05, 0.1) is 19.8 Å². The number of nitrogens with one attached hydrogen (secondary N) is 2. The van der Waals surface area contributed by atoms with Gasteiger partial charge in [-0.2, -0.15) is 0 Å². The fourth-order valence-corrected chi connectivity index (χ4v) is 2.63. The first-order valence-electron chi connectivity index (χ1n) is 7.47. The number of carbonyl (C=O) groups is 1.